The fourth-order valence-corrected chi connectivity index (χ4v) is 4.48. The van der Waals surface area contributed by atoms with E-state index >= 15 is 0 Å². The maximum atomic E-state index is 13.6. The van der Waals surface area contributed by atoms with Gasteiger partial charge in [0.25, 0.3) is 5.91 Å². The van der Waals surface area contributed by atoms with Crippen LogP contribution >= 0.6 is 0 Å². The van der Waals surface area contributed by atoms with Crippen LogP contribution in [0.15, 0.2) is 24.3 Å². The summed E-state index contributed by atoms with van der Waals surface area (Å²) in [5.41, 5.74) is 4.04. The number of carbonyl (C=O) groups is 2. The van der Waals surface area contributed by atoms with E-state index in [9.17, 15) is 9.59 Å². The summed E-state index contributed by atoms with van der Waals surface area (Å²) in [5.74, 6) is 0.534. The molecule has 1 unspecified atom stereocenters. The Hall–Kier alpha value is -2.43. The van der Waals surface area contributed by atoms with E-state index in [2.05, 4.69) is 5.32 Å². The number of amides is 2. The fourth-order valence-electron chi connectivity index (χ4n) is 4.48. The van der Waals surface area contributed by atoms with E-state index < -0.39 is 0 Å². The molecule has 2 aliphatic rings. The molecule has 0 bridgehead atoms. The van der Waals surface area contributed by atoms with E-state index in [0.717, 1.165) is 66.4 Å². The molecular weight excluding hydrogens is 350 g/mol. The van der Waals surface area contributed by atoms with Gasteiger partial charge in [-0.2, -0.15) is 0 Å². The van der Waals surface area contributed by atoms with Crippen LogP contribution in [0.25, 0.3) is 10.9 Å². The number of hydrogen-bond acceptors (Lipinski definition) is 3. The second-order valence-electron chi connectivity index (χ2n) is 8.44. The Balaban J connectivity index is 1.57. The molecule has 1 aliphatic carbocycles. The number of piperidine rings is 1. The van der Waals surface area contributed by atoms with Crippen molar-refractivity contribution in [3.63, 3.8) is 0 Å². The van der Waals surface area contributed by atoms with Crippen LogP contribution in [0.5, 0.6) is 0 Å². The second-order valence-corrected chi connectivity index (χ2v) is 8.44. The van der Waals surface area contributed by atoms with Gasteiger partial charge in [0.2, 0.25) is 5.91 Å². The lowest BCUT2D eigenvalue weighted by molar-refractivity contribution is -0.124. The number of aromatic nitrogens is 1. The lowest BCUT2D eigenvalue weighted by Gasteiger charge is -2.33. The number of benzene rings is 1. The fraction of sp³-hybridized carbons (Fsp3) is 0.522. The molecule has 2 heterocycles. The summed E-state index contributed by atoms with van der Waals surface area (Å²) in [7, 11) is 0. The average molecular weight is 380 g/mol. The highest BCUT2D eigenvalue weighted by Crippen LogP contribution is 2.31. The molecule has 148 valence electrons. The zero-order chi connectivity index (χ0) is 19.7. The predicted octanol–water partition coefficient (Wildman–Crippen LogP) is 3.35. The summed E-state index contributed by atoms with van der Waals surface area (Å²) in [5, 5.41) is 4.01. The first kappa shape index (κ1) is 18.9. The third-order valence-electron chi connectivity index (χ3n) is 6.03. The number of nitrogens with zero attached hydrogens (tertiary/aromatic N) is 2. The van der Waals surface area contributed by atoms with Gasteiger partial charge in [-0.15, -0.1) is 0 Å². The molecule has 1 saturated heterocycles. The molecule has 1 atom stereocenters. The van der Waals surface area contributed by atoms with Crippen LogP contribution in [0.3, 0.4) is 0 Å². The van der Waals surface area contributed by atoms with Crippen molar-refractivity contribution < 1.29 is 9.59 Å². The number of aryl methyl sites for hydroxylation is 1. The maximum Gasteiger partial charge on any atom is 0.254 e. The Labute approximate surface area is 166 Å². The van der Waals surface area contributed by atoms with Gasteiger partial charge in [0.05, 0.1) is 11.1 Å². The van der Waals surface area contributed by atoms with Crippen LogP contribution in [0.1, 0.15) is 54.7 Å². The molecule has 5 nitrogen and oxygen atoms in total. The van der Waals surface area contributed by atoms with Crippen LogP contribution in [-0.4, -0.2) is 41.3 Å². The third-order valence-corrected chi connectivity index (χ3v) is 6.03. The van der Waals surface area contributed by atoms with E-state index in [1.54, 1.807) is 0 Å². The topological polar surface area (TPSA) is 62.3 Å². The summed E-state index contributed by atoms with van der Waals surface area (Å²) >= 11 is 0. The average Bonchev–Trinajstić information content (AvgIpc) is 3.17. The molecule has 4 rings (SSSR count). The van der Waals surface area contributed by atoms with Crippen molar-refractivity contribution in [3.8, 4) is 0 Å². The molecule has 5 heteroatoms. The molecule has 0 radical (unpaired) electrons. The number of para-hydroxylation sites is 1. The highest BCUT2D eigenvalue weighted by Gasteiger charge is 2.30. The van der Waals surface area contributed by atoms with Gasteiger partial charge in [-0.3, -0.25) is 14.6 Å². The predicted molar refractivity (Wildman–Crippen MR) is 110 cm³/mol. The monoisotopic (exact) mass is 379 g/mol. The quantitative estimate of drug-likeness (QED) is 0.886. The molecule has 0 spiro atoms. The number of rotatable bonds is 4. The lowest BCUT2D eigenvalue weighted by Crippen LogP contribution is -2.44. The van der Waals surface area contributed by atoms with Crippen molar-refractivity contribution in [1.82, 2.24) is 15.2 Å². The van der Waals surface area contributed by atoms with E-state index in [4.69, 9.17) is 4.98 Å². The van der Waals surface area contributed by atoms with E-state index in [-0.39, 0.29) is 17.7 Å². The Bertz CT molecular complexity index is 906. The summed E-state index contributed by atoms with van der Waals surface area (Å²) < 4.78 is 0. The van der Waals surface area contributed by atoms with Crippen LogP contribution in [-0.2, 0) is 17.6 Å². The summed E-state index contributed by atoms with van der Waals surface area (Å²) in [6, 6.07) is 8.01. The molecule has 0 saturated carbocycles. The zero-order valence-corrected chi connectivity index (χ0v) is 16.8. The molecule has 1 aromatic carbocycles. The number of fused-ring (bicyclic) bond motifs is 2. The largest absolute Gasteiger partial charge is 0.356 e. The Morgan fingerprint density at radius 2 is 2.04 bits per heavy atom. The normalized spacial score (nSPS) is 19.1. The SMILES string of the molecule is CC(C)C(=O)NCC1CCCN(C(=O)c2c3c(nc4ccccc24)CCC3)C1. The third kappa shape index (κ3) is 3.62. The van der Waals surface area contributed by atoms with Crippen molar-refractivity contribution in [1.29, 1.82) is 0 Å². The smallest absolute Gasteiger partial charge is 0.254 e. The zero-order valence-electron chi connectivity index (χ0n) is 16.8. The highest BCUT2D eigenvalue weighted by atomic mass is 16.2. The first-order valence-corrected chi connectivity index (χ1v) is 10.5. The molecule has 1 fully saturated rings. The van der Waals surface area contributed by atoms with Gasteiger partial charge in [0.1, 0.15) is 0 Å². The summed E-state index contributed by atoms with van der Waals surface area (Å²) in [6.07, 6.45) is 5.01. The molecule has 2 aromatic rings. The van der Waals surface area contributed by atoms with Gasteiger partial charge >= 0.3 is 0 Å². The number of nitrogens with one attached hydrogen (secondary N) is 1. The van der Waals surface area contributed by atoms with E-state index in [1.807, 2.05) is 43.0 Å². The standard InChI is InChI=1S/C23H29N3O2/c1-15(2)22(27)24-13-16-7-6-12-26(14-16)23(28)21-17-8-3-4-10-19(17)25-20-11-5-9-18(20)21/h3-4,8,10,15-16H,5-7,9,11-14H2,1-2H3,(H,24,27). The Kier molecular flexibility index (Phi) is 5.33. The van der Waals surface area contributed by atoms with Crippen molar-refractivity contribution >= 4 is 22.7 Å². The van der Waals surface area contributed by atoms with Crippen LogP contribution in [0.4, 0.5) is 0 Å². The Morgan fingerprint density at radius 3 is 2.86 bits per heavy atom. The van der Waals surface area contributed by atoms with Crippen LogP contribution < -0.4 is 5.32 Å². The van der Waals surface area contributed by atoms with Crippen molar-refractivity contribution in [2.24, 2.45) is 11.8 Å². The molecule has 1 aromatic heterocycles. The minimum absolute atomic E-state index is 0.00732. The maximum absolute atomic E-state index is 13.6. The lowest BCUT2D eigenvalue weighted by atomic mass is 9.95. The number of pyridine rings is 1. The minimum Gasteiger partial charge on any atom is -0.356 e. The van der Waals surface area contributed by atoms with Gasteiger partial charge in [0, 0.05) is 36.6 Å². The molecule has 1 N–H and O–H groups in total. The number of carbonyl (C=O) groups excluding carboxylic acids is 2. The van der Waals surface area contributed by atoms with E-state index in [1.165, 1.54) is 0 Å². The summed E-state index contributed by atoms with van der Waals surface area (Å²) in [6.45, 7) is 5.96. The van der Waals surface area contributed by atoms with Gasteiger partial charge in [-0.1, -0.05) is 32.0 Å². The summed E-state index contributed by atoms with van der Waals surface area (Å²) in [4.78, 5) is 32.3. The van der Waals surface area contributed by atoms with Gasteiger partial charge in [-0.25, -0.2) is 0 Å². The van der Waals surface area contributed by atoms with Crippen molar-refractivity contribution in [2.75, 3.05) is 19.6 Å². The molecule has 28 heavy (non-hydrogen) atoms. The van der Waals surface area contributed by atoms with Gasteiger partial charge in [-0.05, 0) is 49.7 Å². The highest BCUT2D eigenvalue weighted by molar-refractivity contribution is 6.07. The van der Waals surface area contributed by atoms with Crippen LogP contribution in [0, 0.1) is 11.8 Å². The van der Waals surface area contributed by atoms with Crippen molar-refractivity contribution in [2.45, 2.75) is 46.0 Å². The van der Waals surface area contributed by atoms with Gasteiger partial charge < -0.3 is 10.2 Å². The Morgan fingerprint density at radius 1 is 1.21 bits per heavy atom. The first-order chi connectivity index (χ1) is 13.5. The first-order valence-electron chi connectivity index (χ1n) is 10.5. The molecule has 1 aliphatic heterocycles. The van der Waals surface area contributed by atoms with E-state index in [0.29, 0.717) is 19.0 Å². The molecule has 2 amide bonds. The second kappa shape index (κ2) is 7.90. The number of hydrogen-bond donors (Lipinski definition) is 1. The van der Waals surface area contributed by atoms with Crippen LogP contribution in [0.2, 0.25) is 0 Å². The van der Waals surface area contributed by atoms with Crippen molar-refractivity contribution in [3.05, 3.63) is 41.1 Å². The van der Waals surface area contributed by atoms with Gasteiger partial charge in [0.15, 0.2) is 0 Å². The molecular formula is C23H29N3O2. The minimum atomic E-state index is -0.00732. The number of likely N-dealkylation sites (tertiary alicyclic amines) is 1.